The van der Waals surface area contributed by atoms with Crippen LogP contribution in [0, 0.1) is 20.8 Å². The molecule has 3 N–H and O–H groups in total. The van der Waals surface area contributed by atoms with Gasteiger partial charge in [0.15, 0.2) is 0 Å². The maximum absolute atomic E-state index is 12.3. The summed E-state index contributed by atoms with van der Waals surface area (Å²) in [6, 6.07) is 0. The van der Waals surface area contributed by atoms with E-state index in [4.69, 9.17) is 5.11 Å². The number of aromatic nitrogens is 2. The number of aromatic carboxylic acids is 1. The van der Waals surface area contributed by atoms with E-state index < -0.39 is 17.4 Å². The number of carboxylic acids is 1. The zero-order chi connectivity index (χ0) is 15.7. The Morgan fingerprint density at radius 1 is 1.33 bits per heavy atom. The van der Waals surface area contributed by atoms with Crippen molar-refractivity contribution >= 4 is 28.9 Å². The average Bonchev–Trinajstić information content (AvgIpc) is 2.76. The number of carbonyl (C=O) groups excluding carboxylic acids is 1. The summed E-state index contributed by atoms with van der Waals surface area (Å²) in [5, 5.41) is 19.3. The van der Waals surface area contributed by atoms with E-state index in [9.17, 15) is 14.4 Å². The van der Waals surface area contributed by atoms with E-state index in [1.807, 2.05) is 0 Å². The van der Waals surface area contributed by atoms with Crippen molar-refractivity contribution in [2.45, 2.75) is 20.8 Å². The van der Waals surface area contributed by atoms with E-state index in [2.05, 4.69) is 15.5 Å². The van der Waals surface area contributed by atoms with Gasteiger partial charge in [-0.3, -0.25) is 9.59 Å². The van der Waals surface area contributed by atoms with Gasteiger partial charge in [0.25, 0.3) is 11.5 Å². The maximum atomic E-state index is 12.3. The molecule has 0 atom stereocenters. The first-order chi connectivity index (χ1) is 9.82. The molecule has 0 spiro atoms. The third-order valence-electron chi connectivity index (χ3n) is 3.10. The summed E-state index contributed by atoms with van der Waals surface area (Å²) < 4.78 is 0. The smallest absolute Gasteiger partial charge is 0.348 e. The van der Waals surface area contributed by atoms with Crippen molar-refractivity contribution in [2.75, 3.05) is 5.32 Å². The normalized spacial score (nSPS) is 10.4. The lowest BCUT2D eigenvalue weighted by Gasteiger charge is -2.08. The number of aromatic amines is 1. The summed E-state index contributed by atoms with van der Waals surface area (Å²) in [5.41, 5.74) is 1.16. The van der Waals surface area contributed by atoms with E-state index in [1.165, 1.54) is 0 Å². The van der Waals surface area contributed by atoms with Crippen molar-refractivity contribution in [3.05, 3.63) is 43.0 Å². The van der Waals surface area contributed by atoms with E-state index in [0.29, 0.717) is 16.8 Å². The van der Waals surface area contributed by atoms with E-state index in [-0.39, 0.29) is 16.1 Å². The number of rotatable bonds is 3. The van der Waals surface area contributed by atoms with E-state index >= 15 is 0 Å². The number of thiophene rings is 1. The number of nitrogens with one attached hydrogen (secondary N) is 2. The molecule has 2 aromatic rings. The fraction of sp³-hybridized carbons (Fsp3) is 0.231. The number of hydrogen-bond acceptors (Lipinski definition) is 5. The summed E-state index contributed by atoms with van der Waals surface area (Å²) in [7, 11) is 0. The summed E-state index contributed by atoms with van der Waals surface area (Å²) >= 11 is 1.02. The third kappa shape index (κ3) is 2.70. The van der Waals surface area contributed by atoms with Crippen molar-refractivity contribution in [2.24, 2.45) is 0 Å². The van der Waals surface area contributed by atoms with Gasteiger partial charge >= 0.3 is 5.97 Å². The molecule has 2 aromatic heterocycles. The highest BCUT2D eigenvalue weighted by Crippen LogP contribution is 2.28. The molecule has 0 aliphatic heterocycles. The molecule has 0 aliphatic rings. The van der Waals surface area contributed by atoms with Gasteiger partial charge < -0.3 is 10.4 Å². The Labute approximate surface area is 123 Å². The third-order valence-corrected chi connectivity index (χ3v) is 4.19. The topological polar surface area (TPSA) is 112 Å². The summed E-state index contributed by atoms with van der Waals surface area (Å²) in [4.78, 5) is 35.2. The van der Waals surface area contributed by atoms with Gasteiger partial charge in [-0.1, -0.05) is 0 Å². The molecule has 21 heavy (non-hydrogen) atoms. The molecular weight excluding hydrogens is 294 g/mol. The monoisotopic (exact) mass is 307 g/mol. The van der Waals surface area contributed by atoms with Gasteiger partial charge in [-0.2, -0.15) is 5.10 Å². The predicted molar refractivity (Wildman–Crippen MR) is 78.3 cm³/mol. The van der Waals surface area contributed by atoms with Crippen LogP contribution in [0.3, 0.4) is 0 Å². The zero-order valence-electron chi connectivity index (χ0n) is 11.6. The first-order valence-corrected chi connectivity index (χ1v) is 6.89. The van der Waals surface area contributed by atoms with Gasteiger partial charge in [0.1, 0.15) is 10.4 Å². The minimum absolute atomic E-state index is 0.0284. The molecule has 110 valence electrons. The van der Waals surface area contributed by atoms with Gasteiger partial charge in [0.2, 0.25) is 0 Å². The van der Waals surface area contributed by atoms with Gasteiger partial charge in [0.05, 0.1) is 11.4 Å². The Morgan fingerprint density at radius 3 is 2.62 bits per heavy atom. The Kier molecular flexibility index (Phi) is 3.90. The van der Waals surface area contributed by atoms with Crippen LogP contribution in [-0.4, -0.2) is 27.2 Å². The predicted octanol–water partition coefficient (Wildman–Crippen LogP) is 1.71. The lowest BCUT2D eigenvalue weighted by Crippen LogP contribution is -2.27. The lowest BCUT2D eigenvalue weighted by molar-refractivity contribution is 0.0703. The molecule has 0 radical (unpaired) electrons. The molecule has 0 bridgehead atoms. The second-order valence-electron chi connectivity index (χ2n) is 4.52. The maximum Gasteiger partial charge on any atom is 0.348 e. The van der Waals surface area contributed by atoms with Crippen molar-refractivity contribution < 1.29 is 14.7 Å². The Bertz CT molecular complexity index is 791. The minimum Gasteiger partial charge on any atom is -0.477 e. The van der Waals surface area contributed by atoms with Crippen LogP contribution in [-0.2, 0) is 0 Å². The van der Waals surface area contributed by atoms with Crippen LogP contribution in [0.15, 0.2) is 10.2 Å². The molecule has 2 rings (SSSR count). The number of aryl methyl sites for hydroxylation is 2. The molecular formula is C13H13N3O4S. The summed E-state index contributed by atoms with van der Waals surface area (Å²) in [5.74, 6) is -1.77. The van der Waals surface area contributed by atoms with Crippen LogP contribution in [0.4, 0.5) is 5.69 Å². The Hall–Kier alpha value is -2.48. The van der Waals surface area contributed by atoms with Crippen LogP contribution in [0.2, 0.25) is 0 Å². The molecule has 2 heterocycles. The number of carbonyl (C=O) groups is 2. The van der Waals surface area contributed by atoms with Crippen LogP contribution >= 0.6 is 11.3 Å². The van der Waals surface area contributed by atoms with Crippen molar-refractivity contribution in [3.63, 3.8) is 0 Å². The van der Waals surface area contributed by atoms with Crippen molar-refractivity contribution in [1.29, 1.82) is 0 Å². The molecule has 7 nitrogen and oxygen atoms in total. The minimum atomic E-state index is -1.13. The van der Waals surface area contributed by atoms with Crippen LogP contribution < -0.4 is 10.9 Å². The molecule has 0 saturated heterocycles. The molecule has 1 amide bonds. The fourth-order valence-electron chi connectivity index (χ4n) is 1.83. The molecule has 8 heteroatoms. The van der Waals surface area contributed by atoms with E-state index in [1.54, 1.807) is 26.2 Å². The Balaban J connectivity index is 2.45. The zero-order valence-corrected chi connectivity index (χ0v) is 12.4. The van der Waals surface area contributed by atoms with E-state index in [0.717, 1.165) is 11.3 Å². The van der Waals surface area contributed by atoms with Crippen molar-refractivity contribution in [1.82, 2.24) is 10.2 Å². The number of hydrogen-bond donors (Lipinski definition) is 3. The highest BCUT2D eigenvalue weighted by atomic mass is 32.1. The van der Waals surface area contributed by atoms with Crippen LogP contribution in [0.5, 0.6) is 0 Å². The largest absolute Gasteiger partial charge is 0.477 e. The second kappa shape index (κ2) is 5.49. The molecule has 0 saturated carbocycles. The first kappa shape index (κ1) is 14.9. The summed E-state index contributed by atoms with van der Waals surface area (Å²) in [6.07, 6.45) is 0. The van der Waals surface area contributed by atoms with Crippen LogP contribution in [0.1, 0.15) is 36.9 Å². The number of amides is 1. The standard InChI is InChI=1S/C13H13N3O4S/c1-5-4-21-10(13(19)20)9(5)14-11(17)8-6(2)7(3)15-16-12(8)18/h4H,1-3H3,(H,14,17)(H,16,18)(H,19,20). The number of anilines is 1. The second-order valence-corrected chi connectivity index (χ2v) is 5.40. The first-order valence-electron chi connectivity index (χ1n) is 6.01. The quantitative estimate of drug-likeness (QED) is 0.799. The SMILES string of the molecule is Cc1csc(C(=O)O)c1NC(=O)c1c(C)c(C)n[nH]c1=O. The molecule has 0 aromatic carbocycles. The van der Waals surface area contributed by atoms with Gasteiger partial charge in [-0.15, -0.1) is 11.3 Å². The van der Waals surface area contributed by atoms with Crippen LogP contribution in [0.25, 0.3) is 0 Å². The van der Waals surface area contributed by atoms with Gasteiger partial charge in [0, 0.05) is 0 Å². The fourth-order valence-corrected chi connectivity index (χ4v) is 2.68. The average molecular weight is 307 g/mol. The number of carboxylic acid groups (broad SMARTS) is 1. The highest BCUT2D eigenvalue weighted by Gasteiger charge is 2.21. The molecule has 0 fully saturated rings. The number of H-pyrrole nitrogens is 1. The van der Waals surface area contributed by atoms with Gasteiger partial charge in [-0.05, 0) is 37.3 Å². The molecule has 0 aliphatic carbocycles. The Morgan fingerprint density at radius 2 is 2.00 bits per heavy atom. The lowest BCUT2D eigenvalue weighted by atomic mass is 10.1. The number of nitrogens with zero attached hydrogens (tertiary/aromatic N) is 1. The highest BCUT2D eigenvalue weighted by molar-refractivity contribution is 7.12. The van der Waals surface area contributed by atoms with Gasteiger partial charge in [-0.25, -0.2) is 9.89 Å². The van der Waals surface area contributed by atoms with Crippen molar-refractivity contribution in [3.8, 4) is 0 Å². The summed E-state index contributed by atoms with van der Waals surface area (Å²) in [6.45, 7) is 4.97. The molecule has 0 unspecified atom stereocenters.